The lowest BCUT2D eigenvalue weighted by Crippen LogP contribution is -2.47. The van der Waals surface area contributed by atoms with Crippen LogP contribution >= 0.6 is 0 Å². The molecule has 4 rings (SSSR count). The van der Waals surface area contributed by atoms with Crippen molar-refractivity contribution in [1.29, 1.82) is 0 Å². The summed E-state index contributed by atoms with van der Waals surface area (Å²) in [7, 11) is 0. The Kier molecular flexibility index (Phi) is 5.12. The lowest BCUT2D eigenvalue weighted by Gasteiger charge is -2.35. The van der Waals surface area contributed by atoms with Crippen molar-refractivity contribution in [2.45, 2.75) is 37.8 Å². The Labute approximate surface area is 144 Å². The SMILES string of the molecule is c1ccc2cc(CCO[C@H]3CCC[C@@H]3N3CCOCC3)ccc2c1. The summed E-state index contributed by atoms with van der Waals surface area (Å²) in [6.07, 6.45) is 5.18. The van der Waals surface area contributed by atoms with Gasteiger partial charge in [-0.3, -0.25) is 4.90 Å². The van der Waals surface area contributed by atoms with E-state index >= 15 is 0 Å². The van der Waals surface area contributed by atoms with Gasteiger partial charge in [0.15, 0.2) is 0 Å². The molecule has 2 atom stereocenters. The van der Waals surface area contributed by atoms with Gasteiger partial charge in [-0.1, -0.05) is 42.5 Å². The average molecular weight is 325 g/mol. The van der Waals surface area contributed by atoms with Gasteiger partial charge in [0.2, 0.25) is 0 Å². The number of ether oxygens (including phenoxy) is 2. The normalized spacial score (nSPS) is 25.3. The van der Waals surface area contributed by atoms with Gasteiger partial charge in [-0.25, -0.2) is 0 Å². The molecule has 3 heteroatoms. The number of rotatable bonds is 5. The molecule has 3 nitrogen and oxygen atoms in total. The molecule has 0 spiro atoms. The minimum absolute atomic E-state index is 0.406. The van der Waals surface area contributed by atoms with Crippen LogP contribution in [-0.4, -0.2) is 50.0 Å². The third kappa shape index (κ3) is 3.64. The summed E-state index contributed by atoms with van der Waals surface area (Å²) in [4.78, 5) is 2.58. The van der Waals surface area contributed by atoms with E-state index < -0.39 is 0 Å². The summed E-state index contributed by atoms with van der Waals surface area (Å²) in [6.45, 7) is 4.70. The zero-order valence-corrected chi connectivity index (χ0v) is 14.3. The molecule has 2 aliphatic rings. The van der Waals surface area contributed by atoms with Crippen LogP contribution < -0.4 is 0 Å². The van der Waals surface area contributed by atoms with Gasteiger partial charge in [-0.05, 0) is 42.0 Å². The smallest absolute Gasteiger partial charge is 0.0730 e. The Hall–Kier alpha value is -1.42. The molecule has 0 bridgehead atoms. The molecule has 0 radical (unpaired) electrons. The molecule has 0 N–H and O–H groups in total. The maximum atomic E-state index is 6.30. The summed E-state index contributed by atoms with van der Waals surface area (Å²) in [5.41, 5.74) is 1.37. The fourth-order valence-corrected chi connectivity index (χ4v) is 4.15. The molecule has 0 aromatic heterocycles. The fourth-order valence-electron chi connectivity index (χ4n) is 4.15. The Bertz CT molecular complexity index is 666. The van der Waals surface area contributed by atoms with E-state index in [2.05, 4.69) is 47.4 Å². The monoisotopic (exact) mass is 325 g/mol. The molecular formula is C21H27NO2. The van der Waals surface area contributed by atoms with Gasteiger partial charge >= 0.3 is 0 Å². The summed E-state index contributed by atoms with van der Waals surface area (Å²) < 4.78 is 11.8. The molecule has 0 unspecified atom stereocenters. The predicted octanol–water partition coefficient (Wildman–Crippen LogP) is 3.65. The molecule has 2 aromatic carbocycles. The predicted molar refractivity (Wildman–Crippen MR) is 97.4 cm³/mol. The fraction of sp³-hybridized carbons (Fsp3) is 0.524. The van der Waals surface area contributed by atoms with Crippen molar-refractivity contribution in [3.63, 3.8) is 0 Å². The van der Waals surface area contributed by atoms with Crippen LogP contribution in [0, 0.1) is 0 Å². The number of hydrogen-bond donors (Lipinski definition) is 0. The number of benzene rings is 2. The molecule has 1 saturated heterocycles. The van der Waals surface area contributed by atoms with Crippen molar-refractivity contribution in [2.24, 2.45) is 0 Å². The average Bonchev–Trinajstić information content (AvgIpc) is 3.11. The maximum Gasteiger partial charge on any atom is 0.0730 e. The van der Waals surface area contributed by atoms with E-state index in [1.54, 1.807) is 0 Å². The molecular weight excluding hydrogens is 298 g/mol. The Morgan fingerprint density at radius 2 is 1.83 bits per heavy atom. The summed E-state index contributed by atoms with van der Waals surface area (Å²) in [5, 5.41) is 2.63. The molecule has 1 heterocycles. The van der Waals surface area contributed by atoms with Crippen LogP contribution in [0.2, 0.25) is 0 Å². The molecule has 128 valence electrons. The minimum Gasteiger partial charge on any atom is -0.379 e. The highest BCUT2D eigenvalue weighted by Crippen LogP contribution is 2.27. The van der Waals surface area contributed by atoms with Crippen LogP contribution in [0.15, 0.2) is 42.5 Å². The first-order chi connectivity index (χ1) is 11.9. The Morgan fingerprint density at radius 3 is 2.71 bits per heavy atom. The largest absolute Gasteiger partial charge is 0.379 e. The second-order valence-corrected chi connectivity index (χ2v) is 6.99. The minimum atomic E-state index is 0.406. The van der Waals surface area contributed by atoms with Gasteiger partial charge in [0.1, 0.15) is 0 Å². The summed E-state index contributed by atoms with van der Waals surface area (Å²) >= 11 is 0. The summed E-state index contributed by atoms with van der Waals surface area (Å²) in [5.74, 6) is 0. The van der Waals surface area contributed by atoms with Crippen LogP contribution in [0.5, 0.6) is 0 Å². The lowest BCUT2D eigenvalue weighted by atomic mass is 10.1. The van der Waals surface area contributed by atoms with Crippen LogP contribution in [0.3, 0.4) is 0 Å². The van der Waals surface area contributed by atoms with Gasteiger partial charge < -0.3 is 9.47 Å². The van der Waals surface area contributed by atoms with E-state index in [9.17, 15) is 0 Å². The lowest BCUT2D eigenvalue weighted by molar-refractivity contribution is -0.0366. The van der Waals surface area contributed by atoms with Crippen LogP contribution in [0.1, 0.15) is 24.8 Å². The topological polar surface area (TPSA) is 21.7 Å². The Balaban J connectivity index is 1.32. The standard InChI is InChI=1S/C21H27NO2/c1-2-5-19-16-17(8-9-18(19)4-1)10-13-24-21-7-3-6-20(21)22-11-14-23-15-12-22/h1-2,4-5,8-9,16,20-21H,3,6-7,10-15H2/t20-,21-/m0/s1. The molecule has 24 heavy (non-hydrogen) atoms. The van der Waals surface area contributed by atoms with E-state index in [0.717, 1.165) is 39.3 Å². The number of morpholine rings is 1. The third-order valence-corrected chi connectivity index (χ3v) is 5.47. The second kappa shape index (κ2) is 7.64. The van der Waals surface area contributed by atoms with Crippen molar-refractivity contribution < 1.29 is 9.47 Å². The highest BCUT2D eigenvalue weighted by atomic mass is 16.5. The first-order valence-corrected chi connectivity index (χ1v) is 9.31. The molecule has 1 saturated carbocycles. The Morgan fingerprint density at radius 1 is 1.00 bits per heavy atom. The van der Waals surface area contributed by atoms with Crippen molar-refractivity contribution in [1.82, 2.24) is 4.90 Å². The molecule has 1 aliphatic carbocycles. The van der Waals surface area contributed by atoms with Gasteiger partial charge in [0.05, 0.1) is 25.9 Å². The van der Waals surface area contributed by atoms with Crippen LogP contribution in [0.4, 0.5) is 0 Å². The van der Waals surface area contributed by atoms with Crippen molar-refractivity contribution in [2.75, 3.05) is 32.9 Å². The molecule has 1 aliphatic heterocycles. The zero-order chi connectivity index (χ0) is 16.2. The van der Waals surface area contributed by atoms with Crippen LogP contribution in [-0.2, 0) is 15.9 Å². The molecule has 2 aromatic rings. The van der Waals surface area contributed by atoms with Gasteiger partial charge in [0, 0.05) is 19.1 Å². The number of hydrogen-bond acceptors (Lipinski definition) is 3. The quantitative estimate of drug-likeness (QED) is 0.837. The van der Waals surface area contributed by atoms with E-state index in [-0.39, 0.29) is 0 Å². The van der Waals surface area contributed by atoms with Crippen LogP contribution in [0.25, 0.3) is 10.8 Å². The number of nitrogens with zero attached hydrogens (tertiary/aromatic N) is 1. The third-order valence-electron chi connectivity index (χ3n) is 5.47. The zero-order valence-electron chi connectivity index (χ0n) is 14.3. The van der Waals surface area contributed by atoms with E-state index in [4.69, 9.17) is 9.47 Å². The first-order valence-electron chi connectivity index (χ1n) is 9.31. The molecule has 2 fully saturated rings. The first kappa shape index (κ1) is 16.1. The van der Waals surface area contributed by atoms with E-state index in [1.165, 1.54) is 35.6 Å². The highest BCUT2D eigenvalue weighted by molar-refractivity contribution is 5.82. The molecule has 0 amide bonds. The number of fused-ring (bicyclic) bond motifs is 1. The van der Waals surface area contributed by atoms with Gasteiger partial charge in [0.25, 0.3) is 0 Å². The van der Waals surface area contributed by atoms with E-state index in [1.807, 2.05) is 0 Å². The van der Waals surface area contributed by atoms with Crippen molar-refractivity contribution in [3.8, 4) is 0 Å². The summed E-state index contributed by atoms with van der Waals surface area (Å²) in [6, 6.07) is 15.9. The second-order valence-electron chi connectivity index (χ2n) is 6.99. The maximum absolute atomic E-state index is 6.30. The highest BCUT2D eigenvalue weighted by Gasteiger charge is 2.33. The van der Waals surface area contributed by atoms with Gasteiger partial charge in [-0.2, -0.15) is 0 Å². The van der Waals surface area contributed by atoms with Gasteiger partial charge in [-0.15, -0.1) is 0 Å². The van der Waals surface area contributed by atoms with Crippen molar-refractivity contribution >= 4 is 10.8 Å². The van der Waals surface area contributed by atoms with Crippen molar-refractivity contribution in [3.05, 3.63) is 48.0 Å². The van der Waals surface area contributed by atoms with E-state index in [0.29, 0.717) is 12.1 Å².